The molecule has 0 saturated heterocycles. The van der Waals surface area contributed by atoms with Gasteiger partial charge in [0.05, 0.1) is 6.61 Å². The van der Waals surface area contributed by atoms with E-state index in [0.717, 1.165) is 37.2 Å². The van der Waals surface area contributed by atoms with Gasteiger partial charge in [-0.15, -0.1) is 0 Å². The summed E-state index contributed by atoms with van der Waals surface area (Å²) in [6.45, 7) is 5.26. The topological polar surface area (TPSA) is 27.7 Å². The Morgan fingerprint density at radius 2 is 1.17 bits per heavy atom. The van der Waals surface area contributed by atoms with Crippen molar-refractivity contribution in [3.63, 3.8) is 0 Å². The fourth-order valence-electron chi connectivity index (χ4n) is 3.95. The molecule has 1 unspecified atom stereocenters. The van der Waals surface area contributed by atoms with Gasteiger partial charge in [0.2, 0.25) is 0 Å². The third-order valence-electron chi connectivity index (χ3n) is 6.19. The van der Waals surface area contributed by atoms with Crippen LogP contribution in [0.3, 0.4) is 0 Å². The molecule has 0 aliphatic rings. The number of alkyl halides is 1. The molecule has 0 heterocycles. The summed E-state index contributed by atoms with van der Waals surface area (Å²) < 4.78 is 31.4. The second kappa shape index (κ2) is 19.0. The van der Waals surface area contributed by atoms with Crippen LogP contribution in [0.25, 0.3) is 0 Å². The third kappa shape index (κ3) is 13.2. The second-order valence-corrected chi connectivity index (χ2v) is 9.84. The summed E-state index contributed by atoms with van der Waals surface area (Å²) in [4.78, 5) is 0. The van der Waals surface area contributed by atoms with E-state index >= 15 is 0 Å². The third-order valence-corrected chi connectivity index (χ3v) is 6.51. The van der Waals surface area contributed by atoms with Crippen molar-refractivity contribution in [2.75, 3.05) is 13.2 Å². The molecule has 0 spiro atoms. The molecule has 1 atom stereocenters. The van der Waals surface area contributed by atoms with Crippen molar-refractivity contribution >= 4 is 17.3 Å². The highest BCUT2D eigenvalue weighted by molar-refractivity contribution is 7.80. The average molecular weight is 517 g/mol. The maximum atomic E-state index is 14.1. The maximum absolute atomic E-state index is 14.1. The molecule has 0 bridgehead atoms. The first-order valence-corrected chi connectivity index (χ1v) is 14.3. The fraction of sp³-hybridized carbons (Fsp3) is 0.581. The van der Waals surface area contributed by atoms with E-state index < -0.39 is 6.17 Å². The van der Waals surface area contributed by atoms with Gasteiger partial charge < -0.3 is 14.2 Å². The van der Waals surface area contributed by atoms with E-state index in [-0.39, 0.29) is 6.61 Å². The predicted octanol–water partition coefficient (Wildman–Crippen LogP) is 9.65. The molecule has 2 aromatic carbocycles. The van der Waals surface area contributed by atoms with Gasteiger partial charge in [-0.1, -0.05) is 84.5 Å². The van der Waals surface area contributed by atoms with Gasteiger partial charge in [0, 0.05) is 5.56 Å². The summed E-state index contributed by atoms with van der Waals surface area (Å²) in [5, 5.41) is 0.383. The lowest BCUT2D eigenvalue weighted by molar-refractivity contribution is 0.184. The molecule has 0 aromatic heterocycles. The van der Waals surface area contributed by atoms with Gasteiger partial charge in [0.15, 0.2) is 5.05 Å². The van der Waals surface area contributed by atoms with Crippen LogP contribution in [0.15, 0.2) is 48.5 Å². The van der Waals surface area contributed by atoms with Crippen LogP contribution in [0.2, 0.25) is 0 Å². The van der Waals surface area contributed by atoms with Crippen LogP contribution in [0, 0.1) is 0 Å². The Balaban J connectivity index is 1.65. The SMILES string of the molecule is CCCCCCCCOc1ccc(OC(=S)c2ccc(OCC(F)CCCCCCCC)cc2)cc1. The van der Waals surface area contributed by atoms with E-state index in [1.165, 1.54) is 57.8 Å². The number of ether oxygens (including phenoxy) is 3. The number of halogens is 1. The Hall–Kier alpha value is -2.14. The van der Waals surface area contributed by atoms with Crippen molar-refractivity contribution in [2.24, 2.45) is 0 Å². The number of benzene rings is 2. The zero-order chi connectivity index (χ0) is 25.8. The maximum Gasteiger partial charge on any atom is 0.198 e. The highest BCUT2D eigenvalue weighted by Gasteiger charge is 2.09. The van der Waals surface area contributed by atoms with Crippen molar-refractivity contribution < 1.29 is 18.6 Å². The molecule has 200 valence electrons. The van der Waals surface area contributed by atoms with Gasteiger partial charge in [-0.2, -0.15) is 0 Å². The molecule has 0 fully saturated rings. The number of thiocarbonyl (C=S) groups is 1. The first-order chi connectivity index (χ1) is 17.6. The largest absolute Gasteiger partial charge is 0.494 e. The van der Waals surface area contributed by atoms with Crippen molar-refractivity contribution in [1.82, 2.24) is 0 Å². The zero-order valence-corrected chi connectivity index (χ0v) is 23.1. The van der Waals surface area contributed by atoms with Crippen LogP contribution in [0.4, 0.5) is 4.39 Å². The van der Waals surface area contributed by atoms with Crippen LogP contribution >= 0.6 is 12.2 Å². The molecule has 3 nitrogen and oxygen atoms in total. The lowest BCUT2D eigenvalue weighted by Crippen LogP contribution is -2.13. The van der Waals surface area contributed by atoms with Gasteiger partial charge in [0.1, 0.15) is 30.0 Å². The number of hydrogen-bond acceptors (Lipinski definition) is 4. The smallest absolute Gasteiger partial charge is 0.198 e. The Morgan fingerprint density at radius 1 is 0.667 bits per heavy atom. The Bertz CT molecular complexity index is 823. The van der Waals surface area contributed by atoms with Gasteiger partial charge in [-0.05, 0) is 73.6 Å². The highest BCUT2D eigenvalue weighted by Crippen LogP contribution is 2.21. The summed E-state index contributed by atoms with van der Waals surface area (Å²) in [6.07, 6.45) is 14.1. The molecule has 0 aliphatic heterocycles. The monoisotopic (exact) mass is 516 g/mol. The molecule has 0 amide bonds. The lowest BCUT2D eigenvalue weighted by atomic mass is 10.1. The number of rotatable bonds is 20. The van der Waals surface area contributed by atoms with Crippen LogP contribution in [0.5, 0.6) is 17.2 Å². The summed E-state index contributed by atoms with van der Waals surface area (Å²) in [5.74, 6) is 2.15. The van der Waals surface area contributed by atoms with Crippen molar-refractivity contribution in [1.29, 1.82) is 0 Å². The first kappa shape index (κ1) is 30.1. The lowest BCUT2D eigenvalue weighted by Gasteiger charge is -2.12. The van der Waals surface area contributed by atoms with E-state index in [1.54, 1.807) is 0 Å². The Labute approximate surface area is 223 Å². The van der Waals surface area contributed by atoms with Gasteiger partial charge in [-0.3, -0.25) is 0 Å². The molecule has 2 aromatic rings. The molecule has 0 aliphatic carbocycles. The minimum Gasteiger partial charge on any atom is -0.494 e. The molecule has 2 rings (SSSR count). The molecule has 0 saturated carbocycles. The molecule has 36 heavy (non-hydrogen) atoms. The normalized spacial score (nSPS) is 11.8. The summed E-state index contributed by atoms with van der Waals surface area (Å²) in [7, 11) is 0. The van der Waals surface area contributed by atoms with E-state index in [0.29, 0.717) is 23.0 Å². The van der Waals surface area contributed by atoms with E-state index in [4.69, 9.17) is 26.4 Å². The quantitative estimate of drug-likeness (QED) is 0.129. The zero-order valence-electron chi connectivity index (χ0n) is 22.3. The Kier molecular flexibility index (Phi) is 15.9. The summed E-state index contributed by atoms with van der Waals surface area (Å²) in [5.41, 5.74) is 0.782. The van der Waals surface area contributed by atoms with Crippen LogP contribution in [0.1, 0.15) is 103 Å². The fourth-order valence-corrected chi connectivity index (χ4v) is 4.18. The van der Waals surface area contributed by atoms with E-state index in [9.17, 15) is 4.39 Å². The van der Waals surface area contributed by atoms with Gasteiger partial charge in [-0.25, -0.2) is 4.39 Å². The summed E-state index contributed by atoms with van der Waals surface area (Å²) in [6, 6.07) is 14.8. The highest BCUT2D eigenvalue weighted by atomic mass is 32.1. The molecular formula is C31H45FO3S. The molecular weight excluding hydrogens is 471 g/mol. The molecule has 0 N–H and O–H groups in total. The average Bonchev–Trinajstić information content (AvgIpc) is 2.90. The van der Waals surface area contributed by atoms with Crippen LogP contribution in [-0.4, -0.2) is 24.4 Å². The molecule has 0 radical (unpaired) electrons. The minimum absolute atomic E-state index is 0.0858. The second-order valence-electron chi connectivity index (χ2n) is 9.47. The standard InChI is InChI=1S/C31H45FO3S/c1-3-5-7-9-11-13-15-27(32)25-34-29-18-16-26(17-19-29)31(36)35-30-22-20-28(21-23-30)33-24-14-12-10-8-6-4-2/h16-23,27H,3-15,24-25H2,1-2H3. The van der Waals surface area contributed by atoms with Crippen LogP contribution in [-0.2, 0) is 0 Å². The van der Waals surface area contributed by atoms with Crippen molar-refractivity contribution in [2.45, 2.75) is 103 Å². The minimum atomic E-state index is -0.932. The van der Waals surface area contributed by atoms with Gasteiger partial charge >= 0.3 is 0 Å². The molecule has 5 heteroatoms. The predicted molar refractivity (Wildman–Crippen MR) is 152 cm³/mol. The van der Waals surface area contributed by atoms with E-state index in [1.807, 2.05) is 48.5 Å². The first-order valence-electron chi connectivity index (χ1n) is 13.9. The van der Waals surface area contributed by atoms with Crippen molar-refractivity contribution in [3.8, 4) is 17.2 Å². The number of hydrogen-bond donors (Lipinski definition) is 0. The summed E-state index contributed by atoms with van der Waals surface area (Å²) >= 11 is 5.45. The number of unbranched alkanes of at least 4 members (excludes halogenated alkanes) is 10. The van der Waals surface area contributed by atoms with E-state index in [2.05, 4.69) is 13.8 Å². The van der Waals surface area contributed by atoms with Crippen LogP contribution < -0.4 is 14.2 Å². The Morgan fingerprint density at radius 3 is 1.81 bits per heavy atom. The van der Waals surface area contributed by atoms with Gasteiger partial charge in [0.25, 0.3) is 0 Å². The van der Waals surface area contributed by atoms with Crippen molar-refractivity contribution in [3.05, 3.63) is 54.1 Å².